The van der Waals surface area contributed by atoms with E-state index in [4.69, 9.17) is 15.2 Å². The summed E-state index contributed by atoms with van der Waals surface area (Å²) in [6.07, 6.45) is 0. The van der Waals surface area contributed by atoms with Gasteiger partial charge in [0.2, 0.25) is 0 Å². The molecule has 1 heterocycles. The first-order valence-electron chi connectivity index (χ1n) is 8.24. The van der Waals surface area contributed by atoms with E-state index in [1.807, 2.05) is 18.2 Å². The van der Waals surface area contributed by atoms with Crippen LogP contribution in [0.3, 0.4) is 0 Å². The molecule has 6 nitrogen and oxygen atoms in total. The highest BCUT2D eigenvalue weighted by molar-refractivity contribution is 5.92. The van der Waals surface area contributed by atoms with Gasteiger partial charge in [-0.05, 0) is 30.3 Å². The quantitative estimate of drug-likeness (QED) is 0.680. The molecule has 0 radical (unpaired) electrons. The van der Waals surface area contributed by atoms with Crippen molar-refractivity contribution in [2.45, 2.75) is 0 Å². The lowest BCUT2D eigenvalue weighted by atomic mass is 10.1. The number of piperazine rings is 1. The van der Waals surface area contributed by atoms with Gasteiger partial charge in [0.15, 0.2) is 0 Å². The lowest BCUT2D eigenvalue weighted by Gasteiger charge is -2.38. The minimum absolute atomic E-state index is 0.374. The van der Waals surface area contributed by atoms with Crippen LogP contribution in [0.5, 0.6) is 5.75 Å². The Hall–Kier alpha value is -2.89. The monoisotopic (exact) mass is 341 g/mol. The van der Waals surface area contributed by atoms with Crippen molar-refractivity contribution in [3.8, 4) is 5.75 Å². The van der Waals surface area contributed by atoms with Crippen LogP contribution >= 0.6 is 0 Å². The lowest BCUT2D eigenvalue weighted by molar-refractivity contribution is 0.0601. The zero-order chi connectivity index (χ0) is 17.8. The summed E-state index contributed by atoms with van der Waals surface area (Å²) < 4.78 is 10.0. The van der Waals surface area contributed by atoms with Crippen LogP contribution in [0.1, 0.15) is 10.4 Å². The first kappa shape index (κ1) is 17.0. The molecule has 0 amide bonds. The molecule has 1 aliphatic heterocycles. The van der Waals surface area contributed by atoms with Crippen LogP contribution in [0.2, 0.25) is 0 Å². The molecule has 0 atom stereocenters. The van der Waals surface area contributed by atoms with Crippen LogP contribution in [0.15, 0.2) is 42.5 Å². The van der Waals surface area contributed by atoms with E-state index in [1.54, 1.807) is 19.2 Å². The Morgan fingerprint density at radius 2 is 1.72 bits per heavy atom. The molecule has 1 saturated heterocycles. The van der Waals surface area contributed by atoms with Gasteiger partial charge in [0, 0.05) is 37.9 Å². The Balaban J connectivity index is 1.69. The first-order valence-corrected chi connectivity index (χ1v) is 8.24. The molecule has 132 valence electrons. The molecular formula is C19H23N3O3. The number of ether oxygens (including phenoxy) is 2. The number of nitrogens with zero attached hydrogens (tertiary/aromatic N) is 2. The minimum atomic E-state index is -0.374. The Bertz CT molecular complexity index is 755. The normalized spacial score (nSPS) is 14.3. The standard InChI is InChI=1S/C19H23N3O3/c1-24-16-5-3-4-15(13-16)21-8-10-22(11-9-21)18-7-6-14(12-17(18)20)19(23)25-2/h3-7,12-13H,8-11,20H2,1-2H3. The Kier molecular flexibility index (Phi) is 4.97. The number of esters is 1. The number of nitrogens with two attached hydrogens (primary N) is 1. The van der Waals surface area contributed by atoms with Crippen molar-refractivity contribution in [1.29, 1.82) is 0 Å². The Morgan fingerprint density at radius 1 is 1.00 bits per heavy atom. The number of carbonyl (C=O) groups excluding carboxylic acids is 1. The number of hydrogen-bond acceptors (Lipinski definition) is 6. The molecule has 0 spiro atoms. The van der Waals surface area contributed by atoms with Gasteiger partial charge in [-0.3, -0.25) is 0 Å². The molecule has 3 rings (SSSR count). The largest absolute Gasteiger partial charge is 0.497 e. The number of carbonyl (C=O) groups is 1. The van der Waals surface area contributed by atoms with Crippen molar-refractivity contribution in [2.24, 2.45) is 0 Å². The molecule has 6 heteroatoms. The van der Waals surface area contributed by atoms with E-state index in [0.717, 1.165) is 43.3 Å². The van der Waals surface area contributed by atoms with Gasteiger partial charge in [0.25, 0.3) is 0 Å². The fourth-order valence-electron chi connectivity index (χ4n) is 3.10. The van der Waals surface area contributed by atoms with Gasteiger partial charge in [-0.25, -0.2) is 4.79 Å². The van der Waals surface area contributed by atoms with E-state index in [0.29, 0.717) is 11.3 Å². The maximum Gasteiger partial charge on any atom is 0.337 e. The second kappa shape index (κ2) is 7.34. The third kappa shape index (κ3) is 3.63. The summed E-state index contributed by atoms with van der Waals surface area (Å²) in [6.45, 7) is 3.51. The lowest BCUT2D eigenvalue weighted by Crippen LogP contribution is -2.46. The summed E-state index contributed by atoms with van der Waals surface area (Å²) in [5, 5.41) is 0. The highest BCUT2D eigenvalue weighted by atomic mass is 16.5. The van der Waals surface area contributed by atoms with Gasteiger partial charge in [-0.2, -0.15) is 0 Å². The molecule has 1 fully saturated rings. The highest BCUT2D eigenvalue weighted by Crippen LogP contribution is 2.28. The fourth-order valence-corrected chi connectivity index (χ4v) is 3.10. The van der Waals surface area contributed by atoms with E-state index >= 15 is 0 Å². The van der Waals surface area contributed by atoms with Crippen LogP contribution in [-0.2, 0) is 4.74 Å². The third-order valence-electron chi connectivity index (χ3n) is 4.49. The van der Waals surface area contributed by atoms with Crippen molar-refractivity contribution in [1.82, 2.24) is 0 Å². The van der Waals surface area contributed by atoms with Crippen molar-refractivity contribution >= 4 is 23.0 Å². The summed E-state index contributed by atoms with van der Waals surface area (Å²) in [4.78, 5) is 16.2. The molecule has 2 aromatic rings. The summed E-state index contributed by atoms with van der Waals surface area (Å²) in [5.74, 6) is 0.490. The van der Waals surface area contributed by atoms with Crippen molar-refractivity contribution < 1.29 is 14.3 Å². The number of nitrogen functional groups attached to an aromatic ring is 1. The number of rotatable bonds is 4. The average Bonchev–Trinajstić information content (AvgIpc) is 2.67. The summed E-state index contributed by atoms with van der Waals surface area (Å²) in [7, 11) is 3.04. The molecule has 2 N–H and O–H groups in total. The second-order valence-corrected chi connectivity index (χ2v) is 5.94. The molecule has 1 aliphatic rings. The Labute approximate surface area is 147 Å². The van der Waals surface area contributed by atoms with E-state index in [1.165, 1.54) is 7.11 Å². The van der Waals surface area contributed by atoms with Crippen molar-refractivity contribution in [3.63, 3.8) is 0 Å². The van der Waals surface area contributed by atoms with Gasteiger partial charge in [0.1, 0.15) is 5.75 Å². The molecule has 0 saturated carbocycles. The number of anilines is 3. The van der Waals surface area contributed by atoms with Gasteiger partial charge in [-0.1, -0.05) is 6.07 Å². The first-order chi connectivity index (χ1) is 12.1. The van der Waals surface area contributed by atoms with E-state index < -0.39 is 0 Å². The average molecular weight is 341 g/mol. The molecule has 2 aromatic carbocycles. The van der Waals surface area contributed by atoms with Crippen LogP contribution in [0, 0.1) is 0 Å². The zero-order valence-electron chi connectivity index (χ0n) is 14.6. The maximum atomic E-state index is 11.6. The van der Waals surface area contributed by atoms with Crippen molar-refractivity contribution in [2.75, 3.05) is 55.9 Å². The third-order valence-corrected chi connectivity index (χ3v) is 4.49. The number of hydrogen-bond donors (Lipinski definition) is 1. The molecular weight excluding hydrogens is 318 g/mol. The van der Waals surface area contributed by atoms with Crippen LogP contribution in [0.4, 0.5) is 17.1 Å². The summed E-state index contributed by atoms with van der Waals surface area (Å²) in [5.41, 5.74) is 9.33. The van der Waals surface area contributed by atoms with Crippen LogP contribution < -0.4 is 20.3 Å². The highest BCUT2D eigenvalue weighted by Gasteiger charge is 2.20. The smallest absolute Gasteiger partial charge is 0.337 e. The molecule has 0 bridgehead atoms. The molecule has 0 aromatic heterocycles. The van der Waals surface area contributed by atoms with Gasteiger partial charge >= 0.3 is 5.97 Å². The zero-order valence-corrected chi connectivity index (χ0v) is 14.6. The molecule has 25 heavy (non-hydrogen) atoms. The number of benzene rings is 2. The van der Waals surface area contributed by atoms with Crippen LogP contribution in [0.25, 0.3) is 0 Å². The Morgan fingerprint density at radius 3 is 2.36 bits per heavy atom. The van der Waals surface area contributed by atoms with E-state index in [-0.39, 0.29) is 5.97 Å². The maximum absolute atomic E-state index is 11.6. The fraction of sp³-hybridized carbons (Fsp3) is 0.316. The molecule has 0 unspecified atom stereocenters. The topological polar surface area (TPSA) is 68.0 Å². The van der Waals surface area contributed by atoms with Gasteiger partial charge in [0.05, 0.1) is 31.2 Å². The van der Waals surface area contributed by atoms with Crippen molar-refractivity contribution in [3.05, 3.63) is 48.0 Å². The second-order valence-electron chi connectivity index (χ2n) is 5.94. The van der Waals surface area contributed by atoms with E-state index in [2.05, 4.69) is 21.9 Å². The van der Waals surface area contributed by atoms with E-state index in [9.17, 15) is 4.79 Å². The minimum Gasteiger partial charge on any atom is -0.497 e. The predicted octanol–water partition coefficient (Wildman–Crippen LogP) is 2.39. The molecule has 0 aliphatic carbocycles. The SMILES string of the molecule is COC(=O)c1ccc(N2CCN(c3cccc(OC)c3)CC2)c(N)c1. The van der Waals surface area contributed by atoms with Crippen LogP contribution in [-0.4, -0.2) is 46.4 Å². The van der Waals surface area contributed by atoms with Gasteiger partial charge in [-0.15, -0.1) is 0 Å². The predicted molar refractivity (Wildman–Crippen MR) is 99.6 cm³/mol. The summed E-state index contributed by atoms with van der Waals surface area (Å²) in [6, 6.07) is 13.4. The number of methoxy groups -OCH3 is 2. The van der Waals surface area contributed by atoms with Gasteiger partial charge < -0.3 is 25.0 Å². The summed E-state index contributed by atoms with van der Waals surface area (Å²) >= 11 is 0.